The summed E-state index contributed by atoms with van der Waals surface area (Å²) in [7, 11) is 0. The van der Waals surface area contributed by atoms with Crippen LogP contribution in [0, 0.1) is 19.8 Å². The van der Waals surface area contributed by atoms with Crippen LogP contribution in [0.3, 0.4) is 0 Å². The monoisotopic (exact) mass is 349 g/mol. The van der Waals surface area contributed by atoms with Gasteiger partial charge in [0.25, 0.3) is 0 Å². The fourth-order valence-electron chi connectivity index (χ4n) is 2.94. The molecule has 20 heavy (non-hydrogen) atoms. The predicted octanol–water partition coefficient (Wildman–Crippen LogP) is 5.60. The zero-order valence-electron chi connectivity index (χ0n) is 11.6. The Balaban J connectivity index is 2.19. The molecule has 1 saturated carbocycles. The Morgan fingerprint density at radius 2 is 1.65 bits per heavy atom. The molecular weight excluding hydrogens is 331 g/mol. The molecule has 0 saturated heterocycles. The summed E-state index contributed by atoms with van der Waals surface area (Å²) in [6.07, 6.45) is -1.77. The smallest absolute Gasteiger partial charge is 0.382 e. The summed E-state index contributed by atoms with van der Waals surface area (Å²) in [5.41, 5.74) is 2.85. The Hall–Kier alpha value is -0.710. The number of anilines is 1. The van der Waals surface area contributed by atoms with E-state index in [1.165, 1.54) is 0 Å². The maximum atomic E-state index is 13.1. The van der Waals surface area contributed by atoms with Crippen molar-refractivity contribution >= 4 is 21.6 Å². The minimum atomic E-state index is -4.11. The van der Waals surface area contributed by atoms with Crippen molar-refractivity contribution in [2.75, 3.05) is 5.32 Å². The van der Waals surface area contributed by atoms with E-state index >= 15 is 0 Å². The molecule has 1 N–H and O–H groups in total. The largest absolute Gasteiger partial charge is 0.393 e. The van der Waals surface area contributed by atoms with Crippen molar-refractivity contribution in [3.05, 3.63) is 27.7 Å². The van der Waals surface area contributed by atoms with Gasteiger partial charge >= 0.3 is 6.18 Å². The van der Waals surface area contributed by atoms with Gasteiger partial charge in [-0.3, -0.25) is 0 Å². The second-order valence-corrected chi connectivity index (χ2v) is 6.40. The van der Waals surface area contributed by atoms with E-state index in [1.807, 2.05) is 26.0 Å². The topological polar surface area (TPSA) is 12.0 Å². The van der Waals surface area contributed by atoms with E-state index < -0.39 is 18.1 Å². The lowest BCUT2D eigenvalue weighted by Crippen LogP contribution is -2.41. The van der Waals surface area contributed by atoms with Gasteiger partial charge in [0.05, 0.1) is 5.92 Å². The Morgan fingerprint density at radius 1 is 1.10 bits per heavy atom. The number of halogens is 4. The summed E-state index contributed by atoms with van der Waals surface area (Å²) in [5.74, 6) is -1.24. The van der Waals surface area contributed by atoms with Gasteiger partial charge in [0.15, 0.2) is 0 Å². The molecule has 0 bridgehead atoms. The van der Waals surface area contributed by atoms with E-state index in [2.05, 4.69) is 21.2 Å². The molecule has 2 unspecified atom stereocenters. The van der Waals surface area contributed by atoms with Crippen LogP contribution >= 0.6 is 15.9 Å². The number of rotatable bonds is 2. The summed E-state index contributed by atoms with van der Waals surface area (Å²) in [4.78, 5) is 0. The van der Waals surface area contributed by atoms with Gasteiger partial charge in [-0.25, -0.2) is 0 Å². The molecule has 0 aromatic heterocycles. The zero-order valence-corrected chi connectivity index (χ0v) is 13.2. The maximum Gasteiger partial charge on any atom is 0.393 e. The molecule has 0 heterocycles. The van der Waals surface area contributed by atoms with Crippen LogP contribution in [-0.2, 0) is 0 Å². The van der Waals surface area contributed by atoms with E-state index in [-0.39, 0.29) is 6.42 Å². The van der Waals surface area contributed by atoms with Crippen molar-refractivity contribution in [1.82, 2.24) is 0 Å². The minimum absolute atomic E-state index is 0.232. The molecule has 2 rings (SSSR count). The van der Waals surface area contributed by atoms with E-state index in [4.69, 9.17) is 0 Å². The van der Waals surface area contributed by atoms with Crippen LogP contribution in [0.1, 0.15) is 36.8 Å². The second-order valence-electron chi connectivity index (χ2n) is 5.61. The maximum absolute atomic E-state index is 13.1. The van der Waals surface area contributed by atoms with Gasteiger partial charge in [0, 0.05) is 16.2 Å². The van der Waals surface area contributed by atoms with Gasteiger partial charge < -0.3 is 5.32 Å². The standard InChI is InChI=1S/C15H19BrF3N/c1-9-7-11(8-10(2)14(9)16)20-13-6-4-3-5-12(13)15(17,18)19/h7-8,12-13,20H,3-6H2,1-2H3. The van der Waals surface area contributed by atoms with E-state index in [1.54, 1.807) is 0 Å². The summed E-state index contributed by atoms with van der Waals surface area (Å²) in [5, 5.41) is 3.11. The predicted molar refractivity (Wildman–Crippen MR) is 79.0 cm³/mol. The highest BCUT2D eigenvalue weighted by Gasteiger charge is 2.45. The molecule has 5 heteroatoms. The number of alkyl halides is 3. The Labute approximate surface area is 126 Å². The lowest BCUT2D eigenvalue weighted by Gasteiger charge is -2.34. The molecule has 0 aliphatic heterocycles. The quantitative estimate of drug-likeness (QED) is 0.732. The Bertz CT molecular complexity index is 461. The van der Waals surface area contributed by atoms with Crippen LogP contribution in [0.25, 0.3) is 0 Å². The van der Waals surface area contributed by atoms with E-state index in [0.717, 1.165) is 27.7 Å². The fraction of sp³-hybridized carbons (Fsp3) is 0.600. The number of hydrogen-bond acceptors (Lipinski definition) is 1. The van der Waals surface area contributed by atoms with Crippen molar-refractivity contribution in [3.63, 3.8) is 0 Å². The van der Waals surface area contributed by atoms with Crippen LogP contribution in [-0.4, -0.2) is 12.2 Å². The number of hydrogen-bond donors (Lipinski definition) is 1. The number of benzene rings is 1. The van der Waals surface area contributed by atoms with E-state index in [0.29, 0.717) is 12.8 Å². The first kappa shape index (κ1) is 15.7. The van der Waals surface area contributed by atoms with Crippen LogP contribution in [0.2, 0.25) is 0 Å². The molecule has 1 nitrogen and oxygen atoms in total. The normalized spacial score (nSPS) is 23.7. The van der Waals surface area contributed by atoms with Gasteiger partial charge in [-0.15, -0.1) is 0 Å². The van der Waals surface area contributed by atoms with Crippen molar-refractivity contribution in [1.29, 1.82) is 0 Å². The lowest BCUT2D eigenvalue weighted by molar-refractivity contribution is -0.184. The van der Waals surface area contributed by atoms with Crippen molar-refractivity contribution < 1.29 is 13.2 Å². The molecule has 1 aromatic carbocycles. The van der Waals surface area contributed by atoms with Crippen LogP contribution in [0.5, 0.6) is 0 Å². The highest BCUT2D eigenvalue weighted by Crippen LogP contribution is 2.39. The van der Waals surface area contributed by atoms with Crippen LogP contribution < -0.4 is 5.32 Å². The fourth-order valence-corrected chi connectivity index (χ4v) is 3.17. The average Bonchev–Trinajstić information content (AvgIpc) is 2.35. The second kappa shape index (κ2) is 5.96. The third kappa shape index (κ3) is 3.48. The highest BCUT2D eigenvalue weighted by molar-refractivity contribution is 9.10. The summed E-state index contributed by atoms with van der Waals surface area (Å²) >= 11 is 3.47. The van der Waals surface area contributed by atoms with Crippen molar-refractivity contribution in [3.8, 4) is 0 Å². The summed E-state index contributed by atoms with van der Waals surface area (Å²) in [6.45, 7) is 3.90. The molecule has 112 valence electrons. The van der Waals surface area contributed by atoms with Crippen molar-refractivity contribution in [2.24, 2.45) is 5.92 Å². The van der Waals surface area contributed by atoms with Gasteiger partial charge in [0.2, 0.25) is 0 Å². The highest BCUT2D eigenvalue weighted by atomic mass is 79.9. The first-order chi connectivity index (χ1) is 9.29. The number of nitrogens with one attached hydrogen (secondary N) is 1. The van der Waals surface area contributed by atoms with Gasteiger partial charge in [-0.2, -0.15) is 13.2 Å². The summed E-state index contributed by atoms with van der Waals surface area (Å²) in [6, 6.07) is 3.29. The third-order valence-electron chi connectivity index (χ3n) is 3.97. The minimum Gasteiger partial charge on any atom is -0.382 e. The molecule has 0 radical (unpaired) electrons. The summed E-state index contributed by atoms with van der Waals surface area (Å²) < 4.78 is 40.2. The molecule has 0 spiro atoms. The molecule has 1 fully saturated rings. The lowest BCUT2D eigenvalue weighted by atomic mass is 9.84. The molecule has 1 aliphatic rings. The molecule has 1 aromatic rings. The first-order valence-electron chi connectivity index (χ1n) is 6.89. The van der Waals surface area contributed by atoms with Crippen molar-refractivity contribution in [2.45, 2.75) is 51.7 Å². The van der Waals surface area contributed by atoms with Gasteiger partial charge in [-0.05, 0) is 49.9 Å². The average molecular weight is 350 g/mol. The Kier molecular flexibility index (Phi) is 4.67. The first-order valence-corrected chi connectivity index (χ1v) is 7.68. The van der Waals surface area contributed by atoms with Crippen LogP contribution in [0.4, 0.5) is 18.9 Å². The molecular formula is C15H19BrF3N. The van der Waals surface area contributed by atoms with E-state index in [9.17, 15) is 13.2 Å². The third-order valence-corrected chi connectivity index (χ3v) is 5.23. The molecule has 0 amide bonds. The SMILES string of the molecule is Cc1cc(NC2CCCCC2C(F)(F)F)cc(C)c1Br. The van der Waals surface area contributed by atoms with Crippen LogP contribution in [0.15, 0.2) is 16.6 Å². The molecule has 2 atom stereocenters. The zero-order chi connectivity index (χ0) is 14.9. The molecule has 1 aliphatic carbocycles. The number of aryl methyl sites for hydroxylation is 2. The Morgan fingerprint density at radius 3 is 2.20 bits per heavy atom. The van der Waals surface area contributed by atoms with Gasteiger partial charge in [0.1, 0.15) is 0 Å². The van der Waals surface area contributed by atoms with Gasteiger partial charge in [-0.1, -0.05) is 28.8 Å².